The molecule has 1 radical (unpaired) electrons. The Bertz CT molecular complexity index is 529. The summed E-state index contributed by atoms with van der Waals surface area (Å²) < 4.78 is 73.5. The maximum atomic E-state index is 11.6. The molecule has 0 aliphatic rings. The van der Waals surface area contributed by atoms with Crippen LogP contribution in [0.2, 0.25) is 0 Å². The summed E-state index contributed by atoms with van der Waals surface area (Å²) in [4.78, 5) is 19.1. The molecule has 0 atom stereocenters. The van der Waals surface area contributed by atoms with Gasteiger partial charge in [0.25, 0.3) is 18.1 Å². The zero-order chi connectivity index (χ0) is 19.9. The van der Waals surface area contributed by atoms with E-state index < -0.39 is 41.7 Å². The van der Waals surface area contributed by atoms with Crippen molar-refractivity contribution in [2.24, 2.45) is 0 Å². The molecule has 0 aliphatic heterocycles. The first kappa shape index (κ1) is 36.1. The van der Waals surface area contributed by atoms with Crippen LogP contribution in [0, 0.1) is 0 Å². The molecule has 1 N–H and O–H groups in total. The number of aliphatic carboxylic acids is 1. The van der Waals surface area contributed by atoms with Crippen LogP contribution in [0.3, 0.4) is 0 Å². The zero-order valence-electron chi connectivity index (χ0n) is 13.8. The predicted molar refractivity (Wildman–Crippen MR) is 81.2 cm³/mol. The van der Waals surface area contributed by atoms with Crippen LogP contribution < -0.4 is 0 Å². The van der Waals surface area contributed by atoms with E-state index >= 15 is 0 Å². The van der Waals surface area contributed by atoms with Gasteiger partial charge in [-0.1, -0.05) is 7.43 Å². The molecule has 7 nitrogen and oxygen atoms in total. The van der Waals surface area contributed by atoms with Gasteiger partial charge >= 0.3 is 5.97 Å². The fourth-order valence-corrected chi connectivity index (χ4v) is 0.728. The van der Waals surface area contributed by atoms with Gasteiger partial charge < -0.3 is 22.4 Å². The van der Waals surface area contributed by atoms with Crippen LogP contribution in [-0.4, -0.2) is 30.3 Å². The van der Waals surface area contributed by atoms with E-state index in [-0.39, 0.29) is 57.9 Å². The smallest absolute Gasteiger partial charge is 0.302 e. The van der Waals surface area contributed by atoms with Crippen molar-refractivity contribution < 1.29 is 82.3 Å². The van der Waals surface area contributed by atoms with E-state index in [1.54, 1.807) is 0 Å². The topological polar surface area (TPSA) is 107 Å². The number of carbonyl (C=O) groups excluding carboxylic acids is 1. The van der Waals surface area contributed by atoms with E-state index in [1.807, 2.05) is 0 Å². The fraction of sp³-hybridized carbons (Fsp3) is 0.538. The van der Waals surface area contributed by atoms with Crippen molar-refractivity contribution in [3.63, 3.8) is 0 Å². The van der Waals surface area contributed by atoms with Crippen molar-refractivity contribution in [2.45, 2.75) is 35.1 Å². The second-order valence-corrected chi connectivity index (χ2v) is 4.49. The Morgan fingerprint density at radius 3 is 1.42 bits per heavy atom. The Morgan fingerprint density at radius 2 is 1.19 bits per heavy atom. The van der Waals surface area contributed by atoms with Crippen molar-refractivity contribution in [3.05, 3.63) is 23.3 Å². The first-order valence-electron chi connectivity index (χ1n) is 5.88. The number of carbonyl (C=O) groups is 2. The van der Waals surface area contributed by atoms with Crippen molar-refractivity contribution >= 4 is 22.9 Å². The molecule has 0 unspecified atom stereocenters. The maximum absolute atomic E-state index is 11.6. The SMILES string of the molecule is C.CC(=O)O.CC(=O)OCC(C)=C(F)F.CC(CO[S-](=O)=O)=C(F)F.[Y]. The predicted octanol–water partition coefficient (Wildman–Crippen LogP) is 3.84. The summed E-state index contributed by atoms with van der Waals surface area (Å²) in [5.41, 5.74) is -0.598. The summed E-state index contributed by atoms with van der Waals surface area (Å²) in [5.74, 6) is -1.39. The minimum Gasteiger partial charge on any atom is -0.481 e. The molecule has 0 aromatic rings. The van der Waals surface area contributed by atoms with Crippen LogP contribution in [0.25, 0.3) is 0 Å². The summed E-state index contributed by atoms with van der Waals surface area (Å²) in [6, 6.07) is 0. The number of carboxylic acids is 1. The molecule has 0 saturated carbocycles. The van der Waals surface area contributed by atoms with Gasteiger partial charge in [-0.25, -0.2) is 0 Å². The Kier molecular flexibility index (Phi) is 30.8. The Labute approximate surface area is 176 Å². The van der Waals surface area contributed by atoms with Crippen molar-refractivity contribution in [3.8, 4) is 0 Å². The Hall–Kier alpha value is -0.846. The third kappa shape index (κ3) is 38.6. The molecule has 13 heteroatoms. The van der Waals surface area contributed by atoms with Gasteiger partial charge in [-0.2, -0.15) is 17.6 Å². The van der Waals surface area contributed by atoms with Gasteiger partial charge in [-0.05, 0) is 13.8 Å². The molecule has 0 heterocycles. The molecule has 0 aromatic carbocycles. The number of hydrogen-bond donors (Lipinski definition) is 1. The average molecular weight is 486 g/mol. The van der Waals surface area contributed by atoms with Gasteiger partial charge in [0.15, 0.2) is 0 Å². The minimum atomic E-state index is -2.72. The number of ether oxygens (including phenoxy) is 1. The van der Waals surface area contributed by atoms with Crippen molar-refractivity contribution in [1.82, 2.24) is 0 Å². The molecular weight excluding hydrogens is 465 g/mol. The van der Waals surface area contributed by atoms with Gasteiger partial charge in [0.2, 0.25) is 0 Å². The second-order valence-electron chi connectivity index (χ2n) is 3.85. The summed E-state index contributed by atoms with van der Waals surface area (Å²) in [6.45, 7) is 3.64. The largest absolute Gasteiger partial charge is 0.481 e. The molecule has 0 bridgehead atoms. The minimum absolute atomic E-state index is 0. The monoisotopic (exact) mass is 486 g/mol. The first-order valence-corrected chi connectivity index (χ1v) is 6.88. The van der Waals surface area contributed by atoms with Crippen LogP contribution in [0.15, 0.2) is 23.3 Å². The second kappa shape index (κ2) is 22.2. The van der Waals surface area contributed by atoms with Gasteiger partial charge in [-0.15, -0.1) is 0 Å². The number of hydrogen-bond acceptors (Lipinski definition) is 7. The number of halogens is 4. The molecule has 0 aromatic heterocycles. The third-order valence-corrected chi connectivity index (χ3v) is 1.82. The van der Waals surface area contributed by atoms with Crippen LogP contribution in [-0.2, 0) is 70.6 Å². The number of esters is 1. The van der Waals surface area contributed by atoms with E-state index in [2.05, 4.69) is 8.92 Å². The molecule has 0 amide bonds. The van der Waals surface area contributed by atoms with Gasteiger partial charge in [0.1, 0.15) is 6.61 Å². The fourth-order valence-electron chi connectivity index (χ4n) is 0.455. The average Bonchev–Trinajstić information content (AvgIpc) is 2.41. The normalized spacial score (nSPS) is 8.19. The number of rotatable bonds is 5. The molecule has 0 aliphatic carbocycles. The first-order chi connectivity index (χ1) is 10.8. The van der Waals surface area contributed by atoms with E-state index in [0.717, 1.165) is 13.8 Å². The summed E-state index contributed by atoms with van der Waals surface area (Å²) in [6.07, 6.45) is -3.70. The van der Waals surface area contributed by atoms with Crippen molar-refractivity contribution in [1.29, 1.82) is 0 Å². The van der Waals surface area contributed by atoms with Crippen LogP contribution >= 0.6 is 0 Å². The Morgan fingerprint density at radius 1 is 0.885 bits per heavy atom. The summed E-state index contributed by atoms with van der Waals surface area (Å²) in [5, 5.41) is 7.42. The van der Waals surface area contributed by atoms with Crippen LogP contribution in [0.5, 0.6) is 0 Å². The van der Waals surface area contributed by atoms with Crippen molar-refractivity contribution in [2.75, 3.05) is 13.2 Å². The molecule has 0 rings (SSSR count). The molecule has 153 valence electrons. The summed E-state index contributed by atoms with van der Waals surface area (Å²) in [7, 11) is -2.72. The van der Waals surface area contributed by atoms with Crippen LogP contribution in [0.1, 0.15) is 35.1 Å². The molecule has 0 saturated heterocycles. The van der Waals surface area contributed by atoms with E-state index in [1.165, 1.54) is 13.8 Å². The van der Waals surface area contributed by atoms with Gasteiger partial charge in [0.05, 0.1) is 17.6 Å². The molecule has 0 spiro atoms. The van der Waals surface area contributed by atoms with Gasteiger partial charge in [-0.3, -0.25) is 9.59 Å². The summed E-state index contributed by atoms with van der Waals surface area (Å²) >= 11 is 0. The molecule has 0 fully saturated rings. The standard InChI is InChI=1S/C6H8F2O2.C4H5F2O3S.C2H4O2.CH4.Y/c1-4(6(7)8)3-10-5(2)9;1-3(4(5)6)2-9-10(7)8;1-2(3)4;;/h3H2,1-2H3;2H2,1H3;1H3,(H,3,4);1H4;/q;-1;;;. The molecular formula is C13H21F4O7SY-. The van der Waals surface area contributed by atoms with Crippen LogP contribution in [0.4, 0.5) is 17.6 Å². The Balaban J connectivity index is -0.0000000883. The van der Waals surface area contributed by atoms with E-state index in [4.69, 9.17) is 9.90 Å². The quantitative estimate of drug-likeness (QED) is 0.358. The molecule has 26 heavy (non-hydrogen) atoms. The van der Waals surface area contributed by atoms with E-state index in [9.17, 15) is 30.8 Å². The van der Waals surface area contributed by atoms with E-state index in [0.29, 0.717) is 0 Å². The maximum Gasteiger partial charge on any atom is 0.302 e. The zero-order valence-corrected chi connectivity index (χ0v) is 17.5. The number of carboxylic acid groups (broad SMARTS) is 1. The third-order valence-electron chi connectivity index (χ3n) is 1.51. The van der Waals surface area contributed by atoms with Gasteiger partial charge in [0, 0.05) is 57.7 Å².